The molecule has 1 aromatic rings. The van der Waals surface area contributed by atoms with E-state index in [-0.39, 0.29) is 11.2 Å². The Morgan fingerprint density at radius 3 is 2.71 bits per heavy atom. The molecule has 0 bridgehead atoms. The van der Waals surface area contributed by atoms with Gasteiger partial charge in [-0.15, -0.1) is 0 Å². The van der Waals surface area contributed by atoms with Crippen LogP contribution in [0.4, 0.5) is 0 Å². The molecule has 0 spiro atoms. The van der Waals surface area contributed by atoms with E-state index in [1.54, 1.807) is 0 Å². The molecule has 0 fully saturated rings. The van der Waals surface area contributed by atoms with Crippen LogP contribution in [0.3, 0.4) is 0 Å². The van der Waals surface area contributed by atoms with Crippen LogP contribution in [0.5, 0.6) is 5.75 Å². The lowest BCUT2D eigenvalue weighted by Crippen LogP contribution is -2.24. The van der Waals surface area contributed by atoms with Crippen molar-refractivity contribution in [2.75, 3.05) is 6.61 Å². The highest BCUT2D eigenvalue weighted by Gasteiger charge is 2.29. The van der Waals surface area contributed by atoms with E-state index in [9.17, 15) is 4.79 Å². The summed E-state index contributed by atoms with van der Waals surface area (Å²) in [6.07, 6.45) is 0.988. The molecule has 2 rings (SSSR count). The summed E-state index contributed by atoms with van der Waals surface area (Å²) < 4.78 is 5.65. The van der Waals surface area contributed by atoms with Crippen LogP contribution in [0.15, 0.2) is 18.2 Å². The Morgan fingerprint density at radius 1 is 1.35 bits per heavy atom. The number of fused-ring (bicyclic) bond motifs is 1. The molecule has 0 saturated carbocycles. The topological polar surface area (TPSA) is 26.3 Å². The smallest absolute Gasteiger partial charge is 0.168 e. The van der Waals surface area contributed by atoms with Crippen molar-refractivity contribution in [2.45, 2.75) is 40.0 Å². The largest absolute Gasteiger partial charge is 0.493 e. The van der Waals surface area contributed by atoms with E-state index in [1.165, 1.54) is 0 Å². The monoisotopic (exact) mass is 232 g/mol. The van der Waals surface area contributed by atoms with Crippen LogP contribution in [0.2, 0.25) is 0 Å². The van der Waals surface area contributed by atoms with Gasteiger partial charge in [-0.2, -0.15) is 0 Å². The highest BCUT2D eigenvalue weighted by molar-refractivity contribution is 6.01. The summed E-state index contributed by atoms with van der Waals surface area (Å²) in [6.45, 7) is 8.80. The lowest BCUT2D eigenvalue weighted by Gasteiger charge is -2.27. The lowest BCUT2D eigenvalue weighted by atomic mass is 9.81. The summed E-state index contributed by atoms with van der Waals surface area (Å²) in [5, 5.41) is 0. The van der Waals surface area contributed by atoms with Gasteiger partial charge in [0.15, 0.2) is 5.78 Å². The summed E-state index contributed by atoms with van der Waals surface area (Å²) in [4.78, 5) is 12.4. The third-order valence-corrected chi connectivity index (χ3v) is 3.29. The Bertz CT molecular complexity index is 441. The van der Waals surface area contributed by atoms with E-state index in [0.29, 0.717) is 5.92 Å². The minimum absolute atomic E-state index is 0.201. The summed E-state index contributed by atoms with van der Waals surface area (Å²) >= 11 is 0. The Labute approximate surface area is 103 Å². The molecular formula is C15H20O2. The van der Waals surface area contributed by atoms with E-state index in [1.807, 2.05) is 39.0 Å². The molecule has 1 aliphatic rings. The standard InChI is InChI=1S/C15H20O2/c1-10-8-9-17-12-7-5-6-11(13(10)12)14(16)15(2,3)4/h5-7,10H,8-9H2,1-4H3. The summed E-state index contributed by atoms with van der Waals surface area (Å²) in [6, 6.07) is 5.80. The van der Waals surface area contributed by atoms with Gasteiger partial charge in [-0.25, -0.2) is 0 Å². The molecule has 0 aromatic heterocycles. The first kappa shape index (κ1) is 12.2. The molecule has 0 radical (unpaired) electrons. The average molecular weight is 232 g/mol. The molecule has 17 heavy (non-hydrogen) atoms. The van der Waals surface area contributed by atoms with Crippen molar-refractivity contribution in [3.63, 3.8) is 0 Å². The number of carbonyl (C=O) groups excluding carboxylic acids is 1. The summed E-state index contributed by atoms with van der Waals surface area (Å²) in [7, 11) is 0. The molecule has 1 aliphatic heterocycles. The lowest BCUT2D eigenvalue weighted by molar-refractivity contribution is 0.0855. The Kier molecular flexibility index (Phi) is 2.98. The molecule has 1 unspecified atom stereocenters. The number of ether oxygens (including phenoxy) is 1. The van der Waals surface area contributed by atoms with Gasteiger partial charge in [0.05, 0.1) is 6.61 Å². The molecule has 1 heterocycles. The number of benzene rings is 1. The fourth-order valence-corrected chi connectivity index (χ4v) is 2.27. The van der Waals surface area contributed by atoms with E-state index < -0.39 is 0 Å². The second kappa shape index (κ2) is 4.17. The molecule has 1 aromatic carbocycles. The molecule has 0 amide bonds. The van der Waals surface area contributed by atoms with Crippen LogP contribution in [-0.4, -0.2) is 12.4 Å². The van der Waals surface area contributed by atoms with Crippen LogP contribution >= 0.6 is 0 Å². The fourth-order valence-electron chi connectivity index (χ4n) is 2.27. The van der Waals surface area contributed by atoms with Gasteiger partial charge in [0.1, 0.15) is 5.75 Å². The van der Waals surface area contributed by atoms with Gasteiger partial charge in [0, 0.05) is 16.5 Å². The zero-order valence-corrected chi connectivity index (χ0v) is 11.0. The summed E-state index contributed by atoms with van der Waals surface area (Å²) in [5.74, 6) is 1.49. The number of hydrogen-bond acceptors (Lipinski definition) is 2. The van der Waals surface area contributed by atoms with Crippen LogP contribution < -0.4 is 4.74 Å². The van der Waals surface area contributed by atoms with Crippen LogP contribution in [0, 0.1) is 5.41 Å². The van der Waals surface area contributed by atoms with Crippen molar-refractivity contribution >= 4 is 5.78 Å². The first-order chi connectivity index (χ1) is 7.91. The maximum atomic E-state index is 12.4. The number of rotatable bonds is 1. The molecular weight excluding hydrogens is 212 g/mol. The minimum Gasteiger partial charge on any atom is -0.493 e. The van der Waals surface area contributed by atoms with E-state index in [4.69, 9.17) is 4.74 Å². The second-order valence-electron chi connectivity index (χ2n) is 5.83. The SMILES string of the molecule is CC1CCOc2cccc(C(=O)C(C)(C)C)c21. The molecule has 0 N–H and O–H groups in total. The zero-order valence-electron chi connectivity index (χ0n) is 11.0. The summed E-state index contributed by atoms with van der Waals surface area (Å²) in [5.41, 5.74) is 1.59. The molecule has 1 atom stereocenters. The Balaban J connectivity index is 2.52. The zero-order chi connectivity index (χ0) is 12.6. The van der Waals surface area contributed by atoms with Gasteiger partial charge in [0.2, 0.25) is 0 Å². The maximum absolute atomic E-state index is 12.4. The quantitative estimate of drug-likeness (QED) is 0.688. The van der Waals surface area contributed by atoms with Crippen molar-refractivity contribution < 1.29 is 9.53 Å². The Hall–Kier alpha value is -1.31. The molecule has 92 valence electrons. The third kappa shape index (κ3) is 2.21. The van der Waals surface area contributed by atoms with Crippen molar-refractivity contribution in [2.24, 2.45) is 5.41 Å². The van der Waals surface area contributed by atoms with Gasteiger partial charge < -0.3 is 4.74 Å². The predicted octanol–water partition coefficient (Wildman–Crippen LogP) is 3.80. The first-order valence-electron chi connectivity index (χ1n) is 6.22. The number of carbonyl (C=O) groups is 1. The van der Waals surface area contributed by atoms with Gasteiger partial charge in [-0.05, 0) is 18.4 Å². The van der Waals surface area contributed by atoms with E-state index >= 15 is 0 Å². The Morgan fingerprint density at radius 2 is 2.06 bits per heavy atom. The highest BCUT2D eigenvalue weighted by atomic mass is 16.5. The average Bonchev–Trinajstić information content (AvgIpc) is 2.26. The molecule has 0 saturated heterocycles. The van der Waals surface area contributed by atoms with Crippen molar-refractivity contribution in [1.82, 2.24) is 0 Å². The number of hydrogen-bond donors (Lipinski definition) is 0. The van der Waals surface area contributed by atoms with E-state index in [0.717, 1.165) is 29.9 Å². The third-order valence-electron chi connectivity index (χ3n) is 3.29. The van der Waals surface area contributed by atoms with Crippen molar-refractivity contribution in [3.05, 3.63) is 29.3 Å². The van der Waals surface area contributed by atoms with E-state index in [2.05, 4.69) is 6.92 Å². The van der Waals surface area contributed by atoms with Crippen molar-refractivity contribution in [1.29, 1.82) is 0 Å². The van der Waals surface area contributed by atoms with Crippen LogP contribution in [0.25, 0.3) is 0 Å². The minimum atomic E-state index is -0.341. The normalized spacial score (nSPS) is 19.4. The first-order valence-corrected chi connectivity index (χ1v) is 6.22. The van der Waals surface area contributed by atoms with Gasteiger partial charge in [-0.3, -0.25) is 4.79 Å². The maximum Gasteiger partial charge on any atom is 0.168 e. The molecule has 2 heteroatoms. The number of ketones is 1. The van der Waals surface area contributed by atoms with Crippen LogP contribution in [0.1, 0.15) is 56.0 Å². The van der Waals surface area contributed by atoms with Gasteiger partial charge in [0.25, 0.3) is 0 Å². The number of Topliss-reactive ketones (excluding diaryl/α,β-unsaturated/α-hetero) is 1. The second-order valence-corrected chi connectivity index (χ2v) is 5.83. The van der Waals surface area contributed by atoms with Gasteiger partial charge >= 0.3 is 0 Å². The highest BCUT2D eigenvalue weighted by Crippen LogP contribution is 2.38. The fraction of sp³-hybridized carbons (Fsp3) is 0.533. The molecule has 0 aliphatic carbocycles. The van der Waals surface area contributed by atoms with Crippen molar-refractivity contribution in [3.8, 4) is 5.75 Å². The van der Waals surface area contributed by atoms with Gasteiger partial charge in [-0.1, -0.05) is 39.8 Å². The molecule has 2 nitrogen and oxygen atoms in total. The van der Waals surface area contributed by atoms with Crippen LogP contribution in [-0.2, 0) is 0 Å². The predicted molar refractivity (Wildman–Crippen MR) is 68.8 cm³/mol.